The maximum atomic E-state index is 14.5. The molecule has 4 nitrogen and oxygen atoms in total. The Balaban J connectivity index is 2.00. The number of aryl methyl sites for hydroxylation is 1. The monoisotopic (exact) mass is 342 g/mol. The molecule has 0 spiro atoms. The zero-order valence-electron chi connectivity index (χ0n) is 14.3. The van der Waals surface area contributed by atoms with Crippen molar-refractivity contribution in [2.24, 2.45) is 5.92 Å². The second-order valence-corrected chi connectivity index (χ2v) is 6.76. The molecule has 0 aliphatic carbocycles. The summed E-state index contributed by atoms with van der Waals surface area (Å²) in [5.41, 5.74) is 1.07. The maximum absolute atomic E-state index is 14.5. The molecular formula is C19H20F2N4. The van der Waals surface area contributed by atoms with Crippen molar-refractivity contribution in [3.05, 3.63) is 47.9 Å². The predicted octanol–water partition coefficient (Wildman–Crippen LogP) is 4.22. The van der Waals surface area contributed by atoms with Gasteiger partial charge < -0.3 is 4.90 Å². The fourth-order valence-electron chi connectivity index (χ4n) is 3.59. The second kappa shape index (κ2) is 6.10. The number of halogens is 2. The molecule has 4 rings (SSSR count). The van der Waals surface area contributed by atoms with E-state index in [1.165, 1.54) is 18.2 Å². The number of piperidine rings is 1. The quantitative estimate of drug-likeness (QED) is 0.699. The van der Waals surface area contributed by atoms with Crippen LogP contribution in [0.25, 0.3) is 16.9 Å². The SMILES string of the molecule is Cc1nc2nccn2c(N2CCC(C)CC2)c1-c1c(F)cccc1F. The van der Waals surface area contributed by atoms with Crippen LogP contribution in [0, 0.1) is 24.5 Å². The van der Waals surface area contributed by atoms with Gasteiger partial charge in [0.1, 0.15) is 17.5 Å². The molecule has 3 heterocycles. The average Bonchev–Trinajstić information content (AvgIpc) is 3.03. The molecule has 0 bridgehead atoms. The molecule has 1 aliphatic rings. The number of hydrogen-bond acceptors (Lipinski definition) is 3. The Morgan fingerprint density at radius 2 is 1.76 bits per heavy atom. The van der Waals surface area contributed by atoms with Gasteiger partial charge in [0.2, 0.25) is 5.78 Å². The number of anilines is 1. The Kier molecular flexibility index (Phi) is 3.90. The number of rotatable bonds is 2. The first-order valence-corrected chi connectivity index (χ1v) is 8.59. The number of imidazole rings is 1. The summed E-state index contributed by atoms with van der Waals surface area (Å²) < 4.78 is 30.9. The van der Waals surface area contributed by atoms with E-state index in [4.69, 9.17) is 0 Å². The van der Waals surface area contributed by atoms with Crippen LogP contribution < -0.4 is 4.90 Å². The van der Waals surface area contributed by atoms with Gasteiger partial charge in [-0.05, 0) is 37.8 Å². The first-order chi connectivity index (χ1) is 12.1. The lowest BCUT2D eigenvalue weighted by molar-refractivity contribution is 0.436. The Bertz CT molecular complexity index is 906. The lowest BCUT2D eigenvalue weighted by Gasteiger charge is -2.34. The van der Waals surface area contributed by atoms with E-state index in [2.05, 4.69) is 21.8 Å². The smallest absolute Gasteiger partial charge is 0.235 e. The molecule has 0 radical (unpaired) electrons. The summed E-state index contributed by atoms with van der Waals surface area (Å²) in [6.07, 6.45) is 5.57. The Morgan fingerprint density at radius 3 is 2.44 bits per heavy atom. The zero-order chi connectivity index (χ0) is 17.6. The first kappa shape index (κ1) is 16.0. The van der Waals surface area contributed by atoms with E-state index in [1.54, 1.807) is 19.3 Å². The average molecular weight is 342 g/mol. The van der Waals surface area contributed by atoms with Crippen molar-refractivity contribution in [2.45, 2.75) is 26.7 Å². The molecule has 1 aliphatic heterocycles. The highest BCUT2D eigenvalue weighted by Crippen LogP contribution is 2.38. The molecule has 0 N–H and O–H groups in total. The van der Waals surface area contributed by atoms with Crippen molar-refractivity contribution in [3.63, 3.8) is 0 Å². The Labute approximate surface area is 145 Å². The van der Waals surface area contributed by atoms with Crippen molar-refractivity contribution in [3.8, 4) is 11.1 Å². The van der Waals surface area contributed by atoms with E-state index >= 15 is 0 Å². The molecule has 2 aromatic heterocycles. The van der Waals surface area contributed by atoms with Crippen LogP contribution in [-0.2, 0) is 0 Å². The van der Waals surface area contributed by atoms with Gasteiger partial charge in [-0.25, -0.2) is 18.7 Å². The molecule has 1 aromatic carbocycles. The van der Waals surface area contributed by atoms with Crippen LogP contribution in [0.3, 0.4) is 0 Å². The third kappa shape index (κ3) is 2.65. The molecule has 6 heteroatoms. The molecule has 0 saturated carbocycles. The first-order valence-electron chi connectivity index (χ1n) is 8.59. The normalized spacial score (nSPS) is 15.9. The fourth-order valence-corrected chi connectivity index (χ4v) is 3.59. The minimum atomic E-state index is -0.573. The van der Waals surface area contributed by atoms with E-state index in [9.17, 15) is 8.78 Å². The lowest BCUT2D eigenvalue weighted by Crippen LogP contribution is -2.34. The molecule has 0 atom stereocenters. The van der Waals surface area contributed by atoms with E-state index < -0.39 is 11.6 Å². The summed E-state index contributed by atoms with van der Waals surface area (Å²) in [6, 6.07) is 3.96. The maximum Gasteiger partial charge on any atom is 0.235 e. The Morgan fingerprint density at radius 1 is 1.08 bits per heavy atom. The number of nitrogens with zero attached hydrogens (tertiary/aromatic N) is 4. The van der Waals surface area contributed by atoms with Crippen LogP contribution in [0.4, 0.5) is 14.6 Å². The van der Waals surface area contributed by atoms with Gasteiger partial charge >= 0.3 is 0 Å². The van der Waals surface area contributed by atoms with Gasteiger partial charge in [-0.3, -0.25) is 4.40 Å². The van der Waals surface area contributed by atoms with E-state index in [0.29, 0.717) is 23.0 Å². The minimum absolute atomic E-state index is 0.0169. The molecule has 3 aromatic rings. The highest BCUT2D eigenvalue weighted by molar-refractivity contribution is 5.80. The third-order valence-electron chi connectivity index (χ3n) is 5.00. The Hall–Kier alpha value is -2.50. The number of aromatic nitrogens is 3. The van der Waals surface area contributed by atoms with Crippen LogP contribution >= 0.6 is 0 Å². The number of benzene rings is 1. The second-order valence-electron chi connectivity index (χ2n) is 6.76. The van der Waals surface area contributed by atoms with Gasteiger partial charge in [-0.2, -0.15) is 0 Å². The molecular weight excluding hydrogens is 322 g/mol. The summed E-state index contributed by atoms with van der Waals surface area (Å²) >= 11 is 0. The largest absolute Gasteiger partial charge is 0.357 e. The van der Waals surface area contributed by atoms with Crippen molar-refractivity contribution < 1.29 is 8.78 Å². The van der Waals surface area contributed by atoms with Crippen molar-refractivity contribution in [1.82, 2.24) is 14.4 Å². The molecule has 25 heavy (non-hydrogen) atoms. The van der Waals surface area contributed by atoms with Crippen LogP contribution in [0.5, 0.6) is 0 Å². The summed E-state index contributed by atoms with van der Waals surface area (Å²) in [5.74, 6) is 0.834. The van der Waals surface area contributed by atoms with Crippen molar-refractivity contribution in [2.75, 3.05) is 18.0 Å². The molecule has 0 unspecified atom stereocenters. The zero-order valence-corrected chi connectivity index (χ0v) is 14.3. The third-order valence-corrected chi connectivity index (χ3v) is 5.00. The van der Waals surface area contributed by atoms with Crippen LogP contribution in [0.15, 0.2) is 30.6 Å². The molecule has 1 fully saturated rings. The van der Waals surface area contributed by atoms with Gasteiger partial charge in [0.05, 0.1) is 16.8 Å². The predicted molar refractivity (Wildman–Crippen MR) is 93.7 cm³/mol. The lowest BCUT2D eigenvalue weighted by atomic mass is 9.97. The number of fused-ring (bicyclic) bond motifs is 1. The standard InChI is InChI=1S/C19H20F2N4/c1-12-6-9-24(10-7-12)18-16(17-14(20)4-3-5-15(17)21)13(2)23-19-22-8-11-25(18)19/h3-5,8,11-12H,6-7,9-10H2,1-2H3. The van der Waals surface area contributed by atoms with Gasteiger partial charge in [0, 0.05) is 25.5 Å². The highest BCUT2D eigenvalue weighted by Gasteiger charge is 2.26. The van der Waals surface area contributed by atoms with E-state index in [0.717, 1.165) is 31.7 Å². The van der Waals surface area contributed by atoms with E-state index in [-0.39, 0.29) is 5.56 Å². The summed E-state index contributed by atoms with van der Waals surface area (Å²) in [6.45, 7) is 5.72. The van der Waals surface area contributed by atoms with Crippen LogP contribution in [-0.4, -0.2) is 27.5 Å². The topological polar surface area (TPSA) is 33.4 Å². The van der Waals surface area contributed by atoms with Gasteiger partial charge in [-0.1, -0.05) is 13.0 Å². The highest BCUT2D eigenvalue weighted by atomic mass is 19.1. The van der Waals surface area contributed by atoms with E-state index in [1.807, 2.05) is 4.40 Å². The van der Waals surface area contributed by atoms with Crippen LogP contribution in [0.1, 0.15) is 25.5 Å². The van der Waals surface area contributed by atoms with Gasteiger partial charge in [0.25, 0.3) is 0 Å². The molecule has 0 amide bonds. The fraction of sp³-hybridized carbons (Fsp3) is 0.368. The van der Waals surface area contributed by atoms with Crippen molar-refractivity contribution in [1.29, 1.82) is 0 Å². The van der Waals surface area contributed by atoms with Gasteiger partial charge in [-0.15, -0.1) is 0 Å². The summed E-state index contributed by atoms with van der Waals surface area (Å²) in [7, 11) is 0. The van der Waals surface area contributed by atoms with Gasteiger partial charge in [0.15, 0.2) is 0 Å². The number of hydrogen-bond donors (Lipinski definition) is 0. The van der Waals surface area contributed by atoms with Crippen molar-refractivity contribution >= 4 is 11.6 Å². The summed E-state index contributed by atoms with van der Waals surface area (Å²) in [5, 5.41) is 0. The summed E-state index contributed by atoms with van der Waals surface area (Å²) in [4.78, 5) is 10.9. The van der Waals surface area contributed by atoms with Crippen LogP contribution in [0.2, 0.25) is 0 Å². The molecule has 130 valence electrons. The molecule has 1 saturated heterocycles. The minimum Gasteiger partial charge on any atom is -0.357 e.